The summed E-state index contributed by atoms with van der Waals surface area (Å²) in [6, 6.07) is 10.3. The maximum atomic E-state index is 9.90. The fourth-order valence-corrected chi connectivity index (χ4v) is 3.12. The molecule has 1 aromatic rings. The van der Waals surface area contributed by atoms with Crippen LogP contribution in [0.3, 0.4) is 0 Å². The van der Waals surface area contributed by atoms with E-state index >= 15 is 0 Å². The second kappa shape index (κ2) is 9.29. The van der Waals surface area contributed by atoms with Crippen molar-refractivity contribution >= 4 is 0 Å². The van der Waals surface area contributed by atoms with Crippen molar-refractivity contribution in [2.24, 2.45) is 5.92 Å². The maximum absolute atomic E-state index is 9.90. The Morgan fingerprint density at radius 1 is 1.27 bits per heavy atom. The molecule has 1 fully saturated rings. The lowest BCUT2D eigenvalue weighted by Crippen LogP contribution is -2.24. The average Bonchev–Trinajstić information content (AvgIpc) is 2.97. The van der Waals surface area contributed by atoms with Gasteiger partial charge in [0.1, 0.15) is 0 Å². The Morgan fingerprint density at radius 2 is 2.05 bits per heavy atom. The summed E-state index contributed by atoms with van der Waals surface area (Å²) >= 11 is 0. The van der Waals surface area contributed by atoms with Crippen LogP contribution in [-0.4, -0.2) is 30.0 Å². The summed E-state index contributed by atoms with van der Waals surface area (Å²) in [7, 11) is 0. The van der Waals surface area contributed by atoms with Crippen LogP contribution >= 0.6 is 0 Å². The molecule has 1 aliphatic rings. The van der Waals surface area contributed by atoms with E-state index in [1.165, 1.54) is 5.56 Å². The van der Waals surface area contributed by atoms with Crippen LogP contribution in [0.2, 0.25) is 0 Å². The van der Waals surface area contributed by atoms with Crippen LogP contribution in [0.4, 0.5) is 0 Å². The van der Waals surface area contributed by atoms with Gasteiger partial charge < -0.3 is 14.6 Å². The summed E-state index contributed by atoms with van der Waals surface area (Å²) < 4.78 is 11.9. The largest absolute Gasteiger partial charge is 0.393 e. The minimum Gasteiger partial charge on any atom is -0.393 e. The first kappa shape index (κ1) is 17.5. The highest BCUT2D eigenvalue weighted by Crippen LogP contribution is 2.28. The lowest BCUT2D eigenvalue weighted by atomic mass is 10.0. The molecule has 0 bridgehead atoms. The lowest BCUT2D eigenvalue weighted by Gasteiger charge is -2.21. The second-order valence-corrected chi connectivity index (χ2v) is 6.53. The van der Waals surface area contributed by atoms with Gasteiger partial charge in [0, 0.05) is 5.92 Å². The van der Waals surface area contributed by atoms with Crippen molar-refractivity contribution in [1.82, 2.24) is 0 Å². The molecule has 4 atom stereocenters. The van der Waals surface area contributed by atoms with E-state index in [2.05, 4.69) is 26.0 Å². The minimum absolute atomic E-state index is 0.210. The van der Waals surface area contributed by atoms with Crippen molar-refractivity contribution in [2.45, 2.75) is 70.9 Å². The smallest absolute Gasteiger partial charge is 0.0717 e. The van der Waals surface area contributed by atoms with E-state index < -0.39 is 0 Å². The SMILES string of the molecule is CCC[C@@H](O)C[C@@H]1CC[C@H]([C@@H](C)COCc2ccccc2)O1. The number of aliphatic hydroxyl groups is 1. The summed E-state index contributed by atoms with van der Waals surface area (Å²) in [5.41, 5.74) is 1.21. The van der Waals surface area contributed by atoms with E-state index in [0.29, 0.717) is 12.5 Å². The van der Waals surface area contributed by atoms with Crippen LogP contribution in [0.15, 0.2) is 30.3 Å². The van der Waals surface area contributed by atoms with Crippen LogP contribution in [0.25, 0.3) is 0 Å². The van der Waals surface area contributed by atoms with Gasteiger partial charge in [0.15, 0.2) is 0 Å². The molecule has 0 unspecified atom stereocenters. The van der Waals surface area contributed by atoms with E-state index in [4.69, 9.17) is 9.47 Å². The van der Waals surface area contributed by atoms with Crippen molar-refractivity contribution < 1.29 is 14.6 Å². The topological polar surface area (TPSA) is 38.7 Å². The van der Waals surface area contributed by atoms with Gasteiger partial charge in [0.2, 0.25) is 0 Å². The first-order valence-electron chi connectivity index (χ1n) is 8.64. The molecule has 22 heavy (non-hydrogen) atoms. The van der Waals surface area contributed by atoms with Gasteiger partial charge in [-0.25, -0.2) is 0 Å². The zero-order valence-electron chi connectivity index (χ0n) is 13.9. The molecule has 0 aromatic heterocycles. The van der Waals surface area contributed by atoms with Crippen LogP contribution in [0, 0.1) is 5.92 Å². The van der Waals surface area contributed by atoms with Gasteiger partial charge in [-0.1, -0.05) is 50.6 Å². The first-order valence-corrected chi connectivity index (χ1v) is 8.64. The molecule has 3 nitrogen and oxygen atoms in total. The molecule has 3 heteroatoms. The molecular weight excluding hydrogens is 276 g/mol. The van der Waals surface area contributed by atoms with E-state index in [1.807, 2.05) is 18.2 Å². The summed E-state index contributed by atoms with van der Waals surface area (Å²) in [6.45, 7) is 5.69. The number of aliphatic hydroxyl groups excluding tert-OH is 1. The number of ether oxygens (including phenoxy) is 2. The standard InChI is InChI=1S/C19H30O3/c1-3-7-17(20)12-18-10-11-19(22-18)15(2)13-21-14-16-8-5-4-6-9-16/h4-6,8-9,15,17-20H,3,7,10-14H2,1-2H3/t15-,17+,18-,19+/m0/s1. The molecule has 1 aliphatic heterocycles. The fraction of sp³-hybridized carbons (Fsp3) is 0.684. The van der Waals surface area contributed by atoms with Crippen LogP contribution in [-0.2, 0) is 16.1 Å². The Labute approximate surface area is 134 Å². The van der Waals surface area contributed by atoms with E-state index in [1.54, 1.807) is 0 Å². The molecule has 0 spiro atoms. The Kier molecular flexibility index (Phi) is 7.37. The summed E-state index contributed by atoms with van der Waals surface area (Å²) in [5, 5.41) is 9.90. The summed E-state index contributed by atoms with van der Waals surface area (Å²) in [5.74, 6) is 0.400. The lowest BCUT2D eigenvalue weighted by molar-refractivity contribution is -0.0331. The van der Waals surface area contributed by atoms with Crippen LogP contribution in [0.1, 0.15) is 51.5 Å². The molecule has 124 valence electrons. The first-order chi connectivity index (χ1) is 10.7. The van der Waals surface area contributed by atoms with Crippen LogP contribution < -0.4 is 0 Å². The molecule has 0 saturated carbocycles. The number of rotatable bonds is 9. The number of hydrogen-bond acceptors (Lipinski definition) is 3. The molecule has 0 aliphatic carbocycles. The number of benzene rings is 1. The monoisotopic (exact) mass is 306 g/mol. The normalized spacial score (nSPS) is 24.3. The number of hydrogen-bond donors (Lipinski definition) is 1. The fourth-order valence-electron chi connectivity index (χ4n) is 3.12. The van der Waals surface area contributed by atoms with Gasteiger partial charge in [-0.2, -0.15) is 0 Å². The quantitative estimate of drug-likeness (QED) is 0.751. The van der Waals surface area contributed by atoms with E-state index in [-0.39, 0.29) is 18.3 Å². The van der Waals surface area contributed by atoms with Crippen molar-refractivity contribution in [3.8, 4) is 0 Å². The van der Waals surface area contributed by atoms with Crippen molar-refractivity contribution in [3.05, 3.63) is 35.9 Å². The third-order valence-corrected chi connectivity index (χ3v) is 4.42. The Bertz CT molecular complexity index is 406. The molecule has 2 rings (SSSR count). The molecule has 1 saturated heterocycles. The third-order valence-electron chi connectivity index (χ3n) is 4.42. The molecular formula is C19H30O3. The van der Waals surface area contributed by atoms with Gasteiger partial charge in [-0.3, -0.25) is 0 Å². The van der Waals surface area contributed by atoms with Crippen LogP contribution in [0.5, 0.6) is 0 Å². The molecule has 1 aromatic carbocycles. The summed E-state index contributed by atoms with van der Waals surface area (Å²) in [6.07, 6.45) is 5.12. The van der Waals surface area contributed by atoms with Gasteiger partial charge in [-0.15, -0.1) is 0 Å². The average molecular weight is 306 g/mol. The maximum Gasteiger partial charge on any atom is 0.0717 e. The van der Waals surface area contributed by atoms with Crippen molar-refractivity contribution in [3.63, 3.8) is 0 Å². The predicted molar refractivity (Wildman–Crippen MR) is 88.7 cm³/mol. The van der Waals surface area contributed by atoms with Gasteiger partial charge in [0.05, 0.1) is 31.5 Å². The third kappa shape index (κ3) is 5.71. The minimum atomic E-state index is -0.210. The molecule has 0 amide bonds. The van der Waals surface area contributed by atoms with E-state index in [9.17, 15) is 5.11 Å². The van der Waals surface area contributed by atoms with Gasteiger partial charge in [0.25, 0.3) is 0 Å². The highest BCUT2D eigenvalue weighted by molar-refractivity contribution is 5.13. The van der Waals surface area contributed by atoms with Crippen molar-refractivity contribution in [1.29, 1.82) is 0 Å². The molecule has 1 N–H and O–H groups in total. The zero-order valence-corrected chi connectivity index (χ0v) is 13.9. The van der Waals surface area contributed by atoms with Gasteiger partial charge >= 0.3 is 0 Å². The zero-order chi connectivity index (χ0) is 15.8. The van der Waals surface area contributed by atoms with Crippen molar-refractivity contribution in [2.75, 3.05) is 6.61 Å². The second-order valence-electron chi connectivity index (χ2n) is 6.53. The van der Waals surface area contributed by atoms with E-state index in [0.717, 1.165) is 38.7 Å². The summed E-state index contributed by atoms with van der Waals surface area (Å²) in [4.78, 5) is 0. The Balaban J connectivity index is 1.65. The highest BCUT2D eigenvalue weighted by Gasteiger charge is 2.30. The molecule has 1 heterocycles. The molecule has 0 radical (unpaired) electrons. The van der Waals surface area contributed by atoms with Gasteiger partial charge in [-0.05, 0) is 31.2 Å². The highest BCUT2D eigenvalue weighted by atomic mass is 16.5. The Hall–Kier alpha value is -0.900. The predicted octanol–water partition coefficient (Wildman–Crippen LogP) is 3.94. The Morgan fingerprint density at radius 3 is 2.77 bits per heavy atom.